The van der Waals surface area contributed by atoms with Gasteiger partial charge in [-0.05, 0) is 12.1 Å². The van der Waals surface area contributed by atoms with Gasteiger partial charge in [-0.2, -0.15) is 0 Å². The second-order valence-electron chi connectivity index (χ2n) is 7.20. The molecule has 0 saturated carbocycles. The van der Waals surface area contributed by atoms with Crippen molar-refractivity contribution in [2.24, 2.45) is 5.92 Å². The van der Waals surface area contributed by atoms with Gasteiger partial charge in [-0.3, -0.25) is 0 Å². The zero-order valence-corrected chi connectivity index (χ0v) is 16.5. The molecule has 4 rings (SSSR count). The third-order valence-corrected chi connectivity index (χ3v) is 5.08. The molecule has 1 aliphatic rings. The minimum Gasteiger partial charge on any atom is -0.492 e. The topological polar surface area (TPSA) is 39.7 Å². The van der Waals surface area contributed by atoms with Crippen molar-refractivity contribution in [3.05, 3.63) is 102 Å². The molecule has 1 fully saturated rings. The SMILES string of the molecule is c1ccc(OCCNCC2COC(c3ccccc3)(c3ccccc3)OC2)cc1. The average Bonchev–Trinajstić information content (AvgIpc) is 2.81. The Morgan fingerprint density at radius 3 is 1.83 bits per heavy atom. The smallest absolute Gasteiger partial charge is 0.222 e. The fourth-order valence-corrected chi connectivity index (χ4v) is 3.56. The van der Waals surface area contributed by atoms with Gasteiger partial charge in [0.15, 0.2) is 0 Å². The van der Waals surface area contributed by atoms with Crippen LogP contribution >= 0.6 is 0 Å². The Labute approximate surface area is 172 Å². The molecule has 0 aliphatic carbocycles. The van der Waals surface area contributed by atoms with Crippen LogP contribution < -0.4 is 10.1 Å². The number of hydrogen-bond donors (Lipinski definition) is 1. The molecule has 0 radical (unpaired) electrons. The van der Waals surface area contributed by atoms with Crippen LogP contribution in [0.15, 0.2) is 91.0 Å². The van der Waals surface area contributed by atoms with Crippen molar-refractivity contribution >= 4 is 0 Å². The molecule has 1 saturated heterocycles. The molecule has 0 bridgehead atoms. The first-order chi connectivity index (χ1) is 14.4. The first-order valence-electron chi connectivity index (χ1n) is 10.1. The molecule has 29 heavy (non-hydrogen) atoms. The lowest BCUT2D eigenvalue weighted by Crippen LogP contribution is -2.45. The van der Waals surface area contributed by atoms with E-state index in [2.05, 4.69) is 29.6 Å². The molecule has 3 aromatic rings. The lowest BCUT2D eigenvalue weighted by Gasteiger charge is -2.41. The number of benzene rings is 3. The molecule has 150 valence electrons. The molecule has 4 nitrogen and oxygen atoms in total. The highest BCUT2D eigenvalue weighted by molar-refractivity contribution is 5.34. The Hall–Kier alpha value is -2.66. The van der Waals surface area contributed by atoms with Crippen molar-refractivity contribution in [2.45, 2.75) is 5.79 Å². The summed E-state index contributed by atoms with van der Waals surface area (Å²) in [6, 6.07) is 30.2. The van der Waals surface area contributed by atoms with Crippen molar-refractivity contribution in [3.63, 3.8) is 0 Å². The van der Waals surface area contributed by atoms with Crippen LogP contribution in [0.2, 0.25) is 0 Å². The lowest BCUT2D eigenvalue weighted by atomic mass is 9.95. The zero-order valence-electron chi connectivity index (χ0n) is 16.5. The maximum absolute atomic E-state index is 6.38. The van der Waals surface area contributed by atoms with E-state index < -0.39 is 5.79 Å². The molecule has 0 amide bonds. The van der Waals surface area contributed by atoms with Gasteiger partial charge in [-0.1, -0.05) is 78.9 Å². The molecule has 0 spiro atoms. The van der Waals surface area contributed by atoms with Crippen LogP contribution in [0.5, 0.6) is 5.75 Å². The molecule has 1 heterocycles. The first kappa shape index (κ1) is 19.6. The molecule has 0 unspecified atom stereocenters. The van der Waals surface area contributed by atoms with Gasteiger partial charge < -0.3 is 19.5 Å². The molecule has 4 heteroatoms. The Morgan fingerprint density at radius 1 is 0.759 bits per heavy atom. The van der Waals surface area contributed by atoms with E-state index >= 15 is 0 Å². The second-order valence-corrected chi connectivity index (χ2v) is 7.20. The van der Waals surface area contributed by atoms with Gasteiger partial charge in [0.25, 0.3) is 0 Å². The highest BCUT2D eigenvalue weighted by Crippen LogP contribution is 2.38. The summed E-state index contributed by atoms with van der Waals surface area (Å²) in [5.41, 5.74) is 2.04. The van der Waals surface area contributed by atoms with Crippen LogP contribution in [-0.2, 0) is 15.3 Å². The summed E-state index contributed by atoms with van der Waals surface area (Å²) < 4.78 is 18.5. The number of hydrogen-bond acceptors (Lipinski definition) is 4. The largest absolute Gasteiger partial charge is 0.492 e. The van der Waals surface area contributed by atoms with Crippen LogP contribution in [0.1, 0.15) is 11.1 Å². The van der Waals surface area contributed by atoms with E-state index in [1.54, 1.807) is 0 Å². The molecular formula is C25H27NO3. The van der Waals surface area contributed by atoms with Crippen LogP contribution in [0.4, 0.5) is 0 Å². The quantitative estimate of drug-likeness (QED) is 0.586. The molecule has 1 aliphatic heterocycles. The maximum atomic E-state index is 6.38. The summed E-state index contributed by atoms with van der Waals surface area (Å²) in [7, 11) is 0. The van der Waals surface area contributed by atoms with Gasteiger partial charge in [-0.25, -0.2) is 0 Å². The fraction of sp³-hybridized carbons (Fsp3) is 0.280. The van der Waals surface area contributed by atoms with Crippen molar-refractivity contribution in [3.8, 4) is 5.75 Å². The number of nitrogens with one attached hydrogen (secondary N) is 1. The summed E-state index contributed by atoms with van der Waals surface area (Å²) in [6.45, 7) is 3.52. The fourth-order valence-electron chi connectivity index (χ4n) is 3.56. The Bertz CT molecular complexity index is 806. The van der Waals surface area contributed by atoms with Gasteiger partial charge in [0.2, 0.25) is 5.79 Å². The van der Waals surface area contributed by atoms with E-state index in [9.17, 15) is 0 Å². The lowest BCUT2D eigenvalue weighted by molar-refractivity contribution is -0.266. The van der Waals surface area contributed by atoms with Crippen molar-refractivity contribution < 1.29 is 14.2 Å². The van der Waals surface area contributed by atoms with Gasteiger partial charge >= 0.3 is 0 Å². The highest BCUT2D eigenvalue weighted by atomic mass is 16.7. The molecule has 1 N–H and O–H groups in total. The van der Waals surface area contributed by atoms with E-state index in [-0.39, 0.29) is 0 Å². The minimum absolute atomic E-state index is 0.298. The summed E-state index contributed by atoms with van der Waals surface area (Å²) >= 11 is 0. The molecule has 3 aromatic carbocycles. The van der Waals surface area contributed by atoms with Crippen LogP contribution in [0, 0.1) is 5.92 Å². The standard InChI is InChI=1S/C25H27NO3/c1-4-10-22(11-5-1)25(23-12-6-2-7-13-23)28-19-21(20-29-25)18-26-16-17-27-24-14-8-3-9-15-24/h1-15,21,26H,16-20H2. The molecular weight excluding hydrogens is 362 g/mol. The van der Waals surface area contributed by atoms with Gasteiger partial charge in [0.05, 0.1) is 13.2 Å². The third kappa shape index (κ3) is 4.85. The predicted octanol–water partition coefficient (Wildman–Crippen LogP) is 4.22. The second kappa shape index (κ2) is 9.70. The predicted molar refractivity (Wildman–Crippen MR) is 114 cm³/mol. The monoisotopic (exact) mass is 389 g/mol. The number of rotatable bonds is 8. The summed E-state index contributed by atoms with van der Waals surface area (Å²) in [6.07, 6.45) is 0. The van der Waals surface area contributed by atoms with E-state index in [0.717, 1.165) is 30.0 Å². The molecule has 0 aromatic heterocycles. The number of para-hydroxylation sites is 1. The Morgan fingerprint density at radius 2 is 1.28 bits per heavy atom. The third-order valence-electron chi connectivity index (χ3n) is 5.08. The maximum Gasteiger partial charge on any atom is 0.222 e. The van der Waals surface area contributed by atoms with Gasteiger partial charge in [0.1, 0.15) is 12.4 Å². The summed E-state index contributed by atoms with van der Waals surface area (Å²) in [5, 5.41) is 3.45. The van der Waals surface area contributed by atoms with Gasteiger partial charge in [0, 0.05) is 30.1 Å². The van der Waals surface area contributed by atoms with Gasteiger partial charge in [-0.15, -0.1) is 0 Å². The van der Waals surface area contributed by atoms with Crippen molar-refractivity contribution in [2.75, 3.05) is 32.9 Å². The highest BCUT2D eigenvalue weighted by Gasteiger charge is 2.41. The minimum atomic E-state index is -0.838. The van der Waals surface area contributed by atoms with Crippen LogP contribution in [0.25, 0.3) is 0 Å². The zero-order chi connectivity index (χ0) is 19.8. The van der Waals surface area contributed by atoms with E-state index in [1.807, 2.05) is 66.7 Å². The Balaban J connectivity index is 1.31. The summed E-state index contributed by atoms with van der Waals surface area (Å²) in [5.74, 6) is 0.358. The van der Waals surface area contributed by atoms with Crippen LogP contribution in [0.3, 0.4) is 0 Å². The first-order valence-corrected chi connectivity index (χ1v) is 10.1. The average molecular weight is 389 g/mol. The van der Waals surface area contributed by atoms with E-state index in [1.165, 1.54) is 0 Å². The molecule has 0 atom stereocenters. The van der Waals surface area contributed by atoms with E-state index in [4.69, 9.17) is 14.2 Å². The number of ether oxygens (including phenoxy) is 3. The van der Waals surface area contributed by atoms with E-state index in [0.29, 0.717) is 25.7 Å². The Kier molecular flexibility index (Phi) is 6.57. The van der Waals surface area contributed by atoms with Crippen molar-refractivity contribution in [1.82, 2.24) is 5.32 Å². The van der Waals surface area contributed by atoms with Crippen LogP contribution in [-0.4, -0.2) is 32.9 Å². The summed E-state index contributed by atoms with van der Waals surface area (Å²) in [4.78, 5) is 0. The van der Waals surface area contributed by atoms with Crippen molar-refractivity contribution in [1.29, 1.82) is 0 Å². The normalized spacial score (nSPS) is 16.4.